The van der Waals surface area contributed by atoms with Gasteiger partial charge >= 0.3 is 10.2 Å². The van der Waals surface area contributed by atoms with E-state index in [0.717, 1.165) is 40.8 Å². The van der Waals surface area contributed by atoms with Crippen LogP contribution in [0.5, 0.6) is 5.75 Å². The number of nitrogens with one attached hydrogen (secondary N) is 1. The van der Waals surface area contributed by atoms with Gasteiger partial charge < -0.3 is 18.9 Å². The van der Waals surface area contributed by atoms with Crippen LogP contribution in [0.25, 0.3) is 22.2 Å². The molecule has 1 aromatic heterocycles. The molecule has 6 rings (SSSR count). The van der Waals surface area contributed by atoms with Crippen molar-refractivity contribution in [1.29, 1.82) is 0 Å². The number of amides is 1. The SMILES string of the molecule is CN1CCO[C@@H]2COc3ccccc3-c3c(C4CCCCC4)c4ccc(cc4n3C2)C(=O)NS(=O)(=O)N(C)CC1. The number of fused-ring (bicyclic) bond motifs is 4. The van der Waals surface area contributed by atoms with E-state index in [1.807, 2.05) is 42.3 Å². The molecule has 1 atom stereocenters. The van der Waals surface area contributed by atoms with E-state index in [9.17, 15) is 13.2 Å². The Hall–Kier alpha value is -2.92. The van der Waals surface area contributed by atoms with Gasteiger partial charge in [0, 0.05) is 48.7 Å². The Morgan fingerprint density at radius 2 is 1.77 bits per heavy atom. The third kappa shape index (κ3) is 5.25. The zero-order chi connectivity index (χ0) is 27.9. The van der Waals surface area contributed by atoms with Crippen molar-refractivity contribution in [3.8, 4) is 17.0 Å². The minimum Gasteiger partial charge on any atom is -0.490 e. The van der Waals surface area contributed by atoms with E-state index in [4.69, 9.17) is 9.47 Å². The van der Waals surface area contributed by atoms with Gasteiger partial charge in [-0.3, -0.25) is 4.79 Å². The quantitative estimate of drug-likeness (QED) is 0.479. The van der Waals surface area contributed by atoms with Gasteiger partial charge in [0.15, 0.2) is 0 Å². The van der Waals surface area contributed by atoms with E-state index in [2.05, 4.69) is 15.4 Å². The molecular formula is C30H38N4O5S. The molecule has 9 nitrogen and oxygen atoms in total. The maximum Gasteiger partial charge on any atom is 0.303 e. The molecule has 1 aliphatic carbocycles. The fraction of sp³-hybridized carbons (Fsp3) is 0.500. The second kappa shape index (κ2) is 11.2. The topological polar surface area (TPSA) is 93.1 Å². The molecule has 3 aliphatic rings. The molecule has 3 heterocycles. The van der Waals surface area contributed by atoms with Crippen LogP contribution in [0.3, 0.4) is 0 Å². The van der Waals surface area contributed by atoms with E-state index in [0.29, 0.717) is 44.3 Å². The largest absolute Gasteiger partial charge is 0.490 e. The summed E-state index contributed by atoms with van der Waals surface area (Å²) in [7, 11) is -0.570. The van der Waals surface area contributed by atoms with Gasteiger partial charge in [-0.05, 0) is 55.6 Å². The lowest BCUT2D eigenvalue weighted by Crippen LogP contribution is -2.44. The number of likely N-dealkylation sites (N-methyl/N-ethyl adjacent to an activating group) is 2. The highest BCUT2D eigenvalue weighted by Crippen LogP contribution is 2.47. The second-order valence-corrected chi connectivity index (χ2v) is 13.1. The molecule has 0 unspecified atom stereocenters. The van der Waals surface area contributed by atoms with Crippen molar-refractivity contribution < 1.29 is 22.7 Å². The van der Waals surface area contributed by atoms with Crippen LogP contribution < -0.4 is 9.46 Å². The Labute approximate surface area is 236 Å². The molecular weight excluding hydrogens is 528 g/mol. The minimum absolute atomic E-state index is 0.191. The molecule has 1 saturated carbocycles. The summed E-state index contributed by atoms with van der Waals surface area (Å²) in [6, 6.07) is 13.8. The van der Waals surface area contributed by atoms with Gasteiger partial charge in [-0.25, -0.2) is 4.72 Å². The van der Waals surface area contributed by atoms with Gasteiger partial charge in [-0.2, -0.15) is 12.7 Å². The first-order valence-electron chi connectivity index (χ1n) is 14.3. The number of hydrogen-bond acceptors (Lipinski definition) is 6. The molecule has 0 saturated heterocycles. The molecule has 1 amide bonds. The Morgan fingerprint density at radius 1 is 0.975 bits per heavy atom. The molecule has 2 aliphatic heterocycles. The zero-order valence-electron chi connectivity index (χ0n) is 23.3. The molecule has 2 aromatic carbocycles. The van der Waals surface area contributed by atoms with Crippen molar-refractivity contribution >= 4 is 27.0 Å². The highest BCUT2D eigenvalue weighted by molar-refractivity contribution is 7.87. The highest BCUT2D eigenvalue weighted by atomic mass is 32.2. The number of benzene rings is 2. The lowest BCUT2D eigenvalue weighted by molar-refractivity contribution is 0.00221. The predicted octanol–water partition coefficient (Wildman–Crippen LogP) is 3.99. The van der Waals surface area contributed by atoms with Crippen molar-refractivity contribution in [2.24, 2.45) is 0 Å². The number of ether oxygens (including phenoxy) is 2. The summed E-state index contributed by atoms with van der Waals surface area (Å²) < 4.78 is 44.4. The van der Waals surface area contributed by atoms with Gasteiger partial charge in [0.1, 0.15) is 18.5 Å². The summed E-state index contributed by atoms with van der Waals surface area (Å²) in [5.41, 5.74) is 4.69. The normalized spacial score (nSPS) is 23.4. The average molecular weight is 567 g/mol. The molecule has 4 bridgehead atoms. The van der Waals surface area contributed by atoms with E-state index in [-0.39, 0.29) is 12.6 Å². The summed E-state index contributed by atoms with van der Waals surface area (Å²) in [5.74, 6) is 0.595. The van der Waals surface area contributed by atoms with Crippen LogP contribution in [-0.2, 0) is 21.5 Å². The first kappa shape index (κ1) is 27.3. The average Bonchev–Trinajstić information content (AvgIpc) is 3.25. The maximum atomic E-state index is 13.3. The van der Waals surface area contributed by atoms with Crippen LogP contribution in [0.15, 0.2) is 42.5 Å². The van der Waals surface area contributed by atoms with Crippen LogP contribution >= 0.6 is 0 Å². The monoisotopic (exact) mass is 566 g/mol. The maximum absolute atomic E-state index is 13.3. The summed E-state index contributed by atoms with van der Waals surface area (Å²) in [4.78, 5) is 15.3. The zero-order valence-corrected chi connectivity index (χ0v) is 24.1. The molecule has 0 radical (unpaired) electrons. The van der Waals surface area contributed by atoms with Gasteiger partial charge in [0.25, 0.3) is 5.91 Å². The first-order valence-corrected chi connectivity index (χ1v) is 15.7. The van der Waals surface area contributed by atoms with E-state index in [1.54, 1.807) is 6.07 Å². The summed E-state index contributed by atoms with van der Waals surface area (Å²) >= 11 is 0. The third-order valence-electron chi connectivity index (χ3n) is 8.59. The molecule has 1 N–H and O–H groups in total. The highest BCUT2D eigenvalue weighted by Gasteiger charge is 2.31. The Bertz CT molecular complexity index is 1510. The number of hydrogen-bond donors (Lipinski definition) is 1. The molecule has 3 aromatic rings. The first-order chi connectivity index (χ1) is 19.3. The molecule has 0 spiro atoms. The smallest absolute Gasteiger partial charge is 0.303 e. The van der Waals surface area contributed by atoms with E-state index < -0.39 is 16.1 Å². The van der Waals surface area contributed by atoms with Gasteiger partial charge in [-0.1, -0.05) is 37.5 Å². The van der Waals surface area contributed by atoms with Gasteiger partial charge in [0.2, 0.25) is 0 Å². The Balaban J connectivity index is 1.56. The summed E-state index contributed by atoms with van der Waals surface area (Å²) in [6.45, 7) is 2.88. The number of carbonyl (C=O) groups is 1. The fourth-order valence-corrected chi connectivity index (χ4v) is 7.13. The number of carbonyl (C=O) groups excluding carboxylic acids is 1. The van der Waals surface area contributed by atoms with Crippen molar-refractivity contribution in [3.63, 3.8) is 0 Å². The summed E-state index contributed by atoms with van der Waals surface area (Å²) in [6.07, 6.45) is 5.69. The van der Waals surface area contributed by atoms with Crippen LogP contribution in [0.1, 0.15) is 53.9 Å². The molecule has 10 heteroatoms. The standard InChI is InChI=1S/C30H38N4O5S/c1-32-14-15-33(2)40(36,37)31-30(35)22-12-13-24-26(18-22)34-19-23(38-17-16-32)20-39-27-11-7-6-10-25(27)29(34)28(24)21-8-4-3-5-9-21/h6-7,10-13,18,21,23H,3-5,8-9,14-17,19-20H2,1-2H3,(H,31,35)/t23-/m0/s1. The van der Waals surface area contributed by atoms with Crippen LogP contribution in [-0.4, -0.2) is 81.1 Å². The van der Waals surface area contributed by atoms with Crippen LogP contribution in [0.2, 0.25) is 0 Å². The number of nitrogens with zero attached hydrogens (tertiary/aromatic N) is 3. The lowest BCUT2D eigenvalue weighted by Gasteiger charge is -2.28. The Kier molecular flexibility index (Phi) is 7.60. The molecule has 214 valence electrons. The van der Waals surface area contributed by atoms with E-state index >= 15 is 0 Å². The van der Waals surface area contributed by atoms with Crippen molar-refractivity contribution in [2.45, 2.75) is 50.7 Å². The number of aromatic nitrogens is 1. The number of rotatable bonds is 1. The second-order valence-electron chi connectivity index (χ2n) is 11.3. The van der Waals surface area contributed by atoms with Crippen LogP contribution in [0.4, 0.5) is 0 Å². The van der Waals surface area contributed by atoms with Crippen LogP contribution in [0, 0.1) is 0 Å². The summed E-state index contributed by atoms with van der Waals surface area (Å²) in [5, 5.41) is 1.11. The lowest BCUT2D eigenvalue weighted by atomic mass is 9.81. The predicted molar refractivity (Wildman–Crippen MR) is 155 cm³/mol. The van der Waals surface area contributed by atoms with Crippen molar-refractivity contribution in [3.05, 3.63) is 53.6 Å². The van der Waals surface area contributed by atoms with Crippen molar-refractivity contribution in [2.75, 3.05) is 46.9 Å². The minimum atomic E-state index is -3.99. The molecule has 40 heavy (non-hydrogen) atoms. The van der Waals surface area contributed by atoms with Crippen molar-refractivity contribution in [1.82, 2.24) is 18.5 Å². The van der Waals surface area contributed by atoms with Gasteiger partial charge in [-0.15, -0.1) is 0 Å². The third-order valence-corrected chi connectivity index (χ3v) is 10.0. The van der Waals surface area contributed by atoms with Gasteiger partial charge in [0.05, 0.1) is 18.8 Å². The Morgan fingerprint density at radius 3 is 2.60 bits per heavy atom. The van der Waals surface area contributed by atoms with E-state index in [1.165, 1.54) is 36.2 Å². The molecule has 1 fully saturated rings. The fourth-order valence-electron chi connectivity index (χ4n) is 6.30. The number of para-hydroxylation sites is 1.